The maximum atomic E-state index is 6.28. The van der Waals surface area contributed by atoms with Crippen molar-refractivity contribution in [3.05, 3.63) is 63.9 Å². The third-order valence-electron chi connectivity index (χ3n) is 3.35. The zero-order valence-electron chi connectivity index (χ0n) is 11.5. The SMILES string of the molecule is COCc1nc2ccccc2n1Cc1ccc(Cl)cc1Cl. The van der Waals surface area contributed by atoms with Crippen LogP contribution in [0, 0.1) is 0 Å². The van der Waals surface area contributed by atoms with E-state index >= 15 is 0 Å². The van der Waals surface area contributed by atoms with Crippen molar-refractivity contribution in [2.75, 3.05) is 7.11 Å². The second kappa shape index (κ2) is 6.06. The van der Waals surface area contributed by atoms with Crippen molar-refractivity contribution < 1.29 is 4.74 Å². The van der Waals surface area contributed by atoms with E-state index in [4.69, 9.17) is 27.9 Å². The van der Waals surface area contributed by atoms with Gasteiger partial charge in [0, 0.05) is 17.2 Å². The van der Waals surface area contributed by atoms with E-state index in [-0.39, 0.29) is 0 Å². The maximum absolute atomic E-state index is 6.28. The Labute approximate surface area is 133 Å². The standard InChI is InChI=1S/C16H14Cl2N2O/c1-21-10-16-19-14-4-2-3-5-15(14)20(16)9-11-6-7-12(17)8-13(11)18/h2-8H,9-10H2,1H3. The van der Waals surface area contributed by atoms with E-state index in [1.165, 1.54) is 0 Å². The third-order valence-corrected chi connectivity index (χ3v) is 3.94. The lowest BCUT2D eigenvalue weighted by atomic mass is 10.2. The van der Waals surface area contributed by atoms with Crippen molar-refractivity contribution >= 4 is 34.2 Å². The molecule has 0 unspecified atom stereocenters. The largest absolute Gasteiger partial charge is 0.377 e. The van der Waals surface area contributed by atoms with Crippen LogP contribution in [0.15, 0.2) is 42.5 Å². The van der Waals surface area contributed by atoms with Gasteiger partial charge in [0.1, 0.15) is 12.4 Å². The first-order chi connectivity index (χ1) is 10.2. The number of ether oxygens (including phenoxy) is 1. The van der Waals surface area contributed by atoms with Crippen molar-refractivity contribution in [2.45, 2.75) is 13.2 Å². The summed E-state index contributed by atoms with van der Waals surface area (Å²) in [6.07, 6.45) is 0. The highest BCUT2D eigenvalue weighted by atomic mass is 35.5. The zero-order valence-corrected chi connectivity index (χ0v) is 13.0. The number of hydrogen-bond donors (Lipinski definition) is 0. The normalized spacial score (nSPS) is 11.2. The molecule has 0 bridgehead atoms. The van der Waals surface area contributed by atoms with Gasteiger partial charge in [-0.1, -0.05) is 41.4 Å². The molecule has 0 aliphatic rings. The number of nitrogens with zero attached hydrogens (tertiary/aromatic N) is 2. The van der Waals surface area contributed by atoms with Crippen LogP contribution in [0.3, 0.4) is 0 Å². The number of para-hydroxylation sites is 2. The summed E-state index contributed by atoms with van der Waals surface area (Å²) in [5, 5.41) is 1.29. The van der Waals surface area contributed by atoms with Gasteiger partial charge in [0.25, 0.3) is 0 Å². The molecule has 0 fully saturated rings. The highest BCUT2D eigenvalue weighted by Gasteiger charge is 2.12. The van der Waals surface area contributed by atoms with Gasteiger partial charge in [-0.05, 0) is 29.8 Å². The Morgan fingerprint density at radius 3 is 2.71 bits per heavy atom. The summed E-state index contributed by atoms with van der Waals surface area (Å²) in [5.41, 5.74) is 3.02. The molecule has 0 saturated carbocycles. The molecule has 1 aromatic heterocycles. The Bertz CT molecular complexity index is 783. The molecule has 0 saturated heterocycles. The topological polar surface area (TPSA) is 27.1 Å². The van der Waals surface area contributed by atoms with Crippen molar-refractivity contribution in [3.8, 4) is 0 Å². The van der Waals surface area contributed by atoms with Crippen LogP contribution < -0.4 is 0 Å². The summed E-state index contributed by atoms with van der Waals surface area (Å²) in [5.74, 6) is 0.879. The highest BCUT2D eigenvalue weighted by molar-refractivity contribution is 6.35. The number of halogens is 2. The lowest BCUT2D eigenvalue weighted by Crippen LogP contribution is -2.06. The first-order valence-electron chi connectivity index (χ1n) is 6.56. The van der Waals surface area contributed by atoms with Gasteiger partial charge in [0.2, 0.25) is 0 Å². The first kappa shape index (κ1) is 14.4. The van der Waals surface area contributed by atoms with E-state index in [9.17, 15) is 0 Å². The van der Waals surface area contributed by atoms with Crippen LogP contribution in [0.5, 0.6) is 0 Å². The van der Waals surface area contributed by atoms with Crippen molar-refractivity contribution in [2.24, 2.45) is 0 Å². The van der Waals surface area contributed by atoms with Crippen LogP contribution in [0.2, 0.25) is 10.0 Å². The second-order valence-electron chi connectivity index (χ2n) is 4.77. The number of methoxy groups -OCH3 is 1. The Morgan fingerprint density at radius 2 is 1.95 bits per heavy atom. The number of benzene rings is 2. The molecule has 5 heteroatoms. The second-order valence-corrected chi connectivity index (χ2v) is 5.62. The summed E-state index contributed by atoms with van der Waals surface area (Å²) < 4.78 is 7.37. The van der Waals surface area contributed by atoms with E-state index < -0.39 is 0 Å². The van der Waals surface area contributed by atoms with Gasteiger partial charge in [-0.2, -0.15) is 0 Å². The van der Waals surface area contributed by atoms with E-state index in [0.717, 1.165) is 22.4 Å². The van der Waals surface area contributed by atoms with Gasteiger partial charge in [-0.3, -0.25) is 0 Å². The number of rotatable bonds is 4. The highest BCUT2D eigenvalue weighted by Crippen LogP contribution is 2.24. The van der Waals surface area contributed by atoms with Crippen LogP contribution >= 0.6 is 23.2 Å². The molecule has 0 aliphatic carbocycles. The molecule has 0 aliphatic heterocycles. The van der Waals surface area contributed by atoms with Gasteiger partial charge in [0.05, 0.1) is 17.6 Å². The molecule has 0 amide bonds. The summed E-state index contributed by atoms with van der Waals surface area (Å²) in [4.78, 5) is 4.61. The Morgan fingerprint density at radius 1 is 1.14 bits per heavy atom. The fraction of sp³-hybridized carbons (Fsp3) is 0.188. The van der Waals surface area contributed by atoms with Gasteiger partial charge in [-0.15, -0.1) is 0 Å². The van der Waals surface area contributed by atoms with Crippen molar-refractivity contribution in [1.29, 1.82) is 0 Å². The average Bonchev–Trinajstić information content (AvgIpc) is 2.80. The van der Waals surface area contributed by atoms with E-state index in [1.54, 1.807) is 13.2 Å². The van der Waals surface area contributed by atoms with Gasteiger partial charge < -0.3 is 9.30 Å². The number of fused-ring (bicyclic) bond motifs is 1. The summed E-state index contributed by atoms with van der Waals surface area (Å²) in [6.45, 7) is 1.09. The van der Waals surface area contributed by atoms with Gasteiger partial charge in [0.15, 0.2) is 0 Å². The minimum atomic E-state index is 0.458. The van der Waals surface area contributed by atoms with Crippen LogP contribution in [0.1, 0.15) is 11.4 Å². The van der Waals surface area contributed by atoms with Gasteiger partial charge in [-0.25, -0.2) is 4.98 Å². The smallest absolute Gasteiger partial charge is 0.136 e. The molecule has 3 aromatic rings. The minimum Gasteiger partial charge on any atom is -0.377 e. The van der Waals surface area contributed by atoms with Crippen LogP contribution in [-0.2, 0) is 17.9 Å². The molecule has 0 N–H and O–H groups in total. The Balaban J connectivity index is 2.07. The summed E-state index contributed by atoms with van der Waals surface area (Å²) in [7, 11) is 1.67. The number of imidazole rings is 1. The molecular formula is C16H14Cl2N2O. The summed E-state index contributed by atoms with van der Waals surface area (Å²) >= 11 is 12.2. The van der Waals surface area contributed by atoms with E-state index in [1.807, 2.05) is 36.4 Å². The zero-order chi connectivity index (χ0) is 14.8. The van der Waals surface area contributed by atoms with Crippen LogP contribution in [0.25, 0.3) is 11.0 Å². The molecule has 0 radical (unpaired) electrons. The van der Waals surface area contributed by atoms with Crippen LogP contribution in [-0.4, -0.2) is 16.7 Å². The molecule has 1 heterocycles. The Hall–Kier alpha value is -1.55. The van der Waals surface area contributed by atoms with E-state index in [0.29, 0.717) is 23.2 Å². The van der Waals surface area contributed by atoms with E-state index in [2.05, 4.69) is 9.55 Å². The molecule has 0 spiro atoms. The minimum absolute atomic E-state index is 0.458. The molecule has 108 valence electrons. The quantitative estimate of drug-likeness (QED) is 0.705. The predicted molar refractivity (Wildman–Crippen MR) is 86.0 cm³/mol. The molecular weight excluding hydrogens is 307 g/mol. The lowest BCUT2D eigenvalue weighted by molar-refractivity contribution is 0.175. The Kier molecular flexibility index (Phi) is 4.15. The molecule has 3 nitrogen and oxygen atoms in total. The van der Waals surface area contributed by atoms with Crippen LogP contribution in [0.4, 0.5) is 0 Å². The van der Waals surface area contributed by atoms with Crippen molar-refractivity contribution in [3.63, 3.8) is 0 Å². The van der Waals surface area contributed by atoms with Gasteiger partial charge >= 0.3 is 0 Å². The average molecular weight is 321 g/mol. The first-order valence-corrected chi connectivity index (χ1v) is 7.31. The monoisotopic (exact) mass is 320 g/mol. The molecule has 2 aromatic carbocycles. The number of hydrogen-bond acceptors (Lipinski definition) is 2. The predicted octanol–water partition coefficient (Wildman–Crippen LogP) is 4.54. The third kappa shape index (κ3) is 2.91. The molecule has 3 rings (SSSR count). The summed E-state index contributed by atoms with van der Waals surface area (Å²) in [6, 6.07) is 13.6. The fourth-order valence-corrected chi connectivity index (χ4v) is 2.83. The lowest BCUT2D eigenvalue weighted by Gasteiger charge is -2.10. The fourth-order valence-electron chi connectivity index (χ4n) is 2.36. The molecule has 0 atom stereocenters. The van der Waals surface area contributed by atoms with Crippen molar-refractivity contribution in [1.82, 2.24) is 9.55 Å². The molecule has 21 heavy (non-hydrogen) atoms. The maximum Gasteiger partial charge on any atom is 0.136 e. The number of aromatic nitrogens is 2.